The number of hydrogen-bond acceptors (Lipinski definition) is 4. The summed E-state index contributed by atoms with van der Waals surface area (Å²) < 4.78 is 1.69. The second-order valence-electron chi connectivity index (χ2n) is 6.68. The number of para-hydroxylation sites is 1. The molecule has 4 rings (SSSR count). The third kappa shape index (κ3) is 2.92. The number of aromatic amines is 1. The first kappa shape index (κ1) is 18.4. The fourth-order valence-corrected chi connectivity index (χ4v) is 3.91. The first-order valence-electron chi connectivity index (χ1n) is 9.13. The molecule has 1 N–H and O–H groups in total. The molecule has 0 bridgehead atoms. The quantitative estimate of drug-likeness (QED) is 0.548. The number of carbonyl (C=O) groups excluding carboxylic acids is 1. The molecular weight excluding hydrogens is 372 g/mol. The van der Waals surface area contributed by atoms with Gasteiger partial charge in [0.05, 0.1) is 11.3 Å². The average molecular weight is 393 g/mol. The molecule has 1 amide bonds. The molecule has 0 spiro atoms. The Morgan fingerprint density at radius 1 is 1.21 bits per heavy atom. The molecule has 0 aliphatic carbocycles. The lowest BCUT2D eigenvalue weighted by atomic mass is 10.0. The Hall–Kier alpha value is -2.93. The zero-order chi connectivity index (χ0) is 19.8. The zero-order valence-electron chi connectivity index (χ0n) is 16.0. The van der Waals surface area contributed by atoms with Crippen molar-refractivity contribution in [2.45, 2.75) is 31.6 Å². The predicted molar refractivity (Wildman–Crippen MR) is 109 cm³/mol. The number of benzene rings is 2. The number of fused-ring (bicyclic) bond motifs is 3. The second-order valence-corrected chi connectivity index (χ2v) is 7.47. The van der Waals surface area contributed by atoms with Crippen LogP contribution < -0.4 is 15.1 Å². The van der Waals surface area contributed by atoms with Crippen molar-refractivity contribution in [3.05, 3.63) is 70.0 Å². The summed E-state index contributed by atoms with van der Waals surface area (Å²) in [6, 6.07) is 15.5. The van der Waals surface area contributed by atoms with Gasteiger partial charge in [0.1, 0.15) is 0 Å². The maximum atomic E-state index is 13.0. The topological polar surface area (TPSA) is 69.9 Å². The molecule has 0 radical (unpaired) electrons. The van der Waals surface area contributed by atoms with Gasteiger partial charge in [-0.1, -0.05) is 48.5 Å². The molecular formula is C21H21N4O2S+. The van der Waals surface area contributed by atoms with Crippen molar-refractivity contribution in [1.29, 1.82) is 0 Å². The second kappa shape index (κ2) is 7.24. The van der Waals surface area contributed by atoms with Gasteiger partial charge in [-0.25, -0.2) is 4.90 Å². The van der Waals surface area contributed by atoms with E-state index in [9.17, 15) is 9.59 Å². The van der Waals surface area contributed by atoms with E-state index in [1.54, 1.807) is 9.58 Å². The van der Waals surface area contributed by atoms with Crippen LogP contribution in [0.5, 0.6) is 0 Å². The van der Waals surface area contributed by atoms with Crippen LogP contribution in [0.15, 0.2) is 58.5 Å². The van der Waals surface area contributed by atoms with Crippen LogP contribution in [0, 0.1) is 6.92 Å². The van der Waals surface area contributed by atoms with E-state index >= 15 is 0 Å². The van der Waals surface area contributed by atoms with Gasteiger partial charge in [0.2, 0.25) is 11.1 Å². The number of nitrogens with one attached hydrogen (secondary N) is 1. The molecule has 0 fully saturated rings. The van der Waals surface area contributed by atoms with E-state index < -0.39 is 6.17 Å². The molecule has 1 aromatic heterocycles. The van der Waals surface area contributed by atoms with Crippen LogP contribution >= 0.6 is 11.8 Å². The van der Waals surface area contributed by atoms with Crippen LogP contribution in [0.4, 0.5) is 5.69 Å². The summed E-state index contributed by atoms with van der Waals surface area (Å²) in [4.78, 5) is 30.6. The fourth-order valence-electron chi connectivity index (χ4n) is 3.54. The van der Waals surface area contributed by atoms with E-state index in [2.05, 4.69) is 10.1 Å². The Labute approximate surface area is 167 Å². The van der Waals surface area contributed by atoms with Crippen LogP contribution in [-0.2, 0) is 4.79 Å². The number of anilines is 1. The Morgan fingerprint density at radius 3 is 2.61 bits per heavy atom. The van der Waals surface area contributed by atoms with Crippen LogP contribution in [0.3, 0.4) is 0 Å². The lowest BCUT2D eigenvalue weighted by Crippen LogP contribution is -2.60. The average Bonchev–Trinajstić information content (AvgIpc) is 2.72. The van der Waals surface area contributed by atoms with Gasteiger partial charge in [-0.05, 0) is 42.1 Å². The minimum Gasteiger partial charge on any atom is -0.291 e. The number of rotatable bonds is 3. The monoisotopic (exact) mass is 393 g/mol. The van der Waals surface area contributed by atoms with Crippen LogP contribution in [0.2, 0.25) is 0 Å². The normalized spacial score (nSPS) is 15.1. The van der Waals surface area contributed by atoms with Crippen molar-refractivity contribution in [2.75, 3.05) is 11.2 Å². The molecule has 1 aliphatic heterocycles. The van der Waals surface area contributed by atoms with Gasteiger partial charge < -0.3 is 0 Å². The first-order chi connectivity index (χ1) is 13.5. The van der Waals surface area contributed by atoms with E-state index in [-0.39, 0.29) is 11.5 Å². The Balaban J connectivity index is 2.08. The third-order valence-electron chi connectivity index (χ3n) is 4.90. The smallest absolute Gasteiger partial charge is 0.291 e. The van der Waals surface area contributed by atoms with E-state index in [0.717, 1.165) is 16.8 Å². The number of H-pyrrole nitrogens is 1. The van der Waals surface area contributed by atoms with Crippen molar-refractivity contribution in [3.8, 4) is 11.3 Å². The van der Waals surface area contributed by atoms with E-state index in [1.165, 1.54) is 11.8 Å². The van der Waals surface area contributed by atoms with Gasteiger partial charge in [-0.15, -0.1) is 0 Å². The third-order valence-corrected chi connectivity index (χ3v) is 5.47. The Morgan fingerprint density at radius 2 is 1.93 bits per heavy atom. The number of nitrogens with zero attached hydrogens (tertiary/aromatic N) is 3. The summed E-state index contributed by atoms with van der Waals surface area (Å²) in [6.45, 7) is 3.86. The molecule has 2 heterocycles. The summed E-state index contributed by atoms with van der Waals surface area (Å²) in [5.41, 5.74) is 3.70. The predicted octanol–water partition coefficient (Wildman–Crippen LogP) is 3.06. The summed E-state index contributed by atoms with van der Waals surface area (Å²) in [5, 5.41) is 5.18. The largest absolute Gasteiger partial charge is 0.325 e. The maximum Gasteiger partial charge on any atom is 0.325 e. The molecule has 2 aromatic carbocycles. The van der Waals surface area contributed by atoms with Gasteiger partial charge in [-0.2, -0.15) is 0 Å². The lowest BCUT2D eigenvalue weighted by Gasteiger charge is -2.32. The highest BCUT2D eigenvalue weighted by Crippen LogP contribution is 2.37. The standard InChI is InChI=1S/C21H20N4O2S/c1-4-17(26)24-16-8-6-5-7-15(16)18-19(27)22-21(28-3)23-25(18)20(24)14-11-9-13(2)10-12-14/h5-12,20H,4H2,1-3H3/p+1. The highest BCUT2D eigenvalue weighted by molar-refractivity contribution is 7.98. The molecule has 0 saturated carbocycles. The first-order valence-corrected chi connectivity index (χ1v) is 10.4. The SMILES string of the molecule is CCC(=O)N1c2ccccc2-c2c(=O)[nH]c(SC)n[n+]2C1c1ccc(C)cc1. The molecule has 3 aromatic rings. The van der Waals surface area contributed by atoms with Gasteiger partial charge in [0.25, 0.3) is 6.17 Å². The van der Waals surface area contributed by atoms with E-state index in [0.29, 0.717) is 22.8 Å². The molecule has 1 aliphatic rings. The highest BCUT2D eigenvalue weighted by Gasteiger charge is 2.45. The van der Waals surface area contributed by atoms with E-state index in [4.69, 9.17) is 0 Å². The number of hydrogen-bond donors (Lipinski definition) is 1. The maximum absolute atomic E-state index is 13.0. The van der Waals surface area contributed by atoms with Gasteiger partial charge in [-0.3, -0.25) is 14.6 Å². The Bertz CT molecular complexity index is 1110. The van der Waals surface area contributed by atoms with Gasteiger partial charge in [0.15, 0.2) is 0 Å². The van der Waals surface area contributed by atoms with Crippen LogP contribution in [0.25, 0.3) is 11.3 Å². The Kier molecular flexibility index (Phi) is 4.77. The van der Waals surface area contributed by atoms with Gasteiger partial charge in [0, 0.05) is 17.1 Å². The highest BCUT2D eigenvalue weighted by atomic mass is 32.2. The van der Waals surface area contributed by atoms with Crippen molar-refractivity contribution in [1.82, 2.24) is 10.1 Å². The van der Waals surface area contributed by atoms with E-state index in [1.807, 2.05) is 68.6 Å². The van der Waals surface area contributed by atoms with Crippen molar-refractivity contribution in [3.63, 3.8) is 0 Å². The molecule has 142 valence electrons. The van der Waals surface area contributed by atoms with Crippen molar-refractivity contribution in [2.24, 2.45) is 0 Å². The summed E-state index contributed by atoms with van der Waals surface area (Å²) in [6.07, 6.45) is 1.69. The number of aryl methyl sites for hydroxylation is 1. The molecule has 6 nitrogen and oxygen atoms in total. The molecule has 1 atom stereocenters. The number of amides is 1. The molecule has 1 unspecified atom stereocenters. The zero-order valence-corrected chi connectivity index (χ0v) is 16.8. The molecule has 28 heavy (non-hydrogen) atoms. The minimum absolute atomic E-state index is 0.0241. The molecule has 7 heteroatoms. The summed E-state index contributed by atoms with van der Waals surface area (Å²) >= 11 is 1.36. The molecule has 0 saturated heterocycles. The van der Waals surface area contributed by atoms with Crippen LogP contribution in [-0.4, -0.2) is 22.2 Å². The number of thioether (sulfide) groups is 1. The fraction of sp³-hybridized carbons (Fsp3) is 0.238. The lowest BCUT2D eigenvalue weighted by molar-refractivity contribution is -0.763. The summed E-state index contributed by atoms with van der Waals surface area (Å²) in [5.74, 6) is -0.0241. The summed E-state index contributed by atoms with van der Waals surface area (Å²) in [7, 11) is 0. The number of aromatic nitrogens is 3. The van der Waals surface area contributed by atoms with Gasteiger partial charge >= 0.3 is 11.3 Å². The van der Waals surface area contributed by atoms with Crippen molar-refractivity contribution < 1.29 is 9.48 Å². The van der Waals surface area contributed by atoms with Crippen LogP contribution in [0.1, 0.15) is 30.6 Å². The van der Waals surface area contributed by atoms with Crippen molar-refractivity contribution >= 4 is 23.4 Å². The number of carbonyl (C=O) groups is 1. The minimum atomic E-state index is -0.522.